The molecule has 29 heavy (non-hydrogen) atoms. The summed E-state index contributed by atoms with van der Waals surface area (Å²) in [4.78, 5) is 24.7. The second kappa shape index (κ2) is 16.0. The maximum absolute atomic E-state index is 12.4. The standard InChI is InChI=1S/C25H40O4/c1-4-7-9-10-12-18-28-24(26)22-16-13-17-23(19-22)25(27)29-20-21(14-6-3)15-11-8-5-2/h13,16-17,19,21H,4-12,14-15,18,20H2,1-3H3. The van der Waals surface area contributed by atoms with Crippen molar-refractivity contribution in [1.29, 1.82) is 0 Å². The number of unbranched alkanes of at least 4 members (excludes halogenated alkanes) is 6. The zero-order chi connectivity index (χ0) is 21.3. The Morgan fingerprint density at radius 3 is 2.03 bits per heavy atom. The van der Waals surface area contributed by atoms with Gasteiger partial charge in [-0.25, -0.2) is 9.59 Å². The van der Waals surface area contributed by atoms with Crippen LogP contribution in [0, 0.1) is 5.92 Å². The first-order valence-electron chi connectivity index (χ1n) is 11.6. The summed E-state index contributed by atoms with van der Waals surface area (Å²) in [6.45, 7) is 7.40. The molecule has 0 bridgehead atoms. The molecule has 0 radical (unpaired) electrons. The van der Waals surface area contributed by atoms with Crippen LogP contribution in [0.4, 0.5) is 0 Å². The summed E-state index contributed by atoms with van der Waals surface area (Å²) < 4.78 is 10.9. The SMILES string of the molecule is CCCCCCCOC(=O)c1cccc(C(=O)OCC(CCC)CCCCC)c1. The van der Waals surface area contributed by atoms with Crippen molar-refractivity contribution < 1.29 is 19.1 Å². The van der Waals surface area contributed by atoms with Gasteiger partial charge < -0.3 is 9.47 Å². The Hall–Kier alpha value is -1.84. The molecule has 0 aliphatic rings. The number of esters is 2. The Kier molecular flexibility index (Phi) is 13.9. The van der Waals surface area contributed by atoms with E-state index in [1.54, 1.807) is 24.3 Å². The van der Waals surface area contributed by atoms with Gasteiger partial charge >= 0.3 is 11.9 Å². The van der Waals surface area contributed by atoms with Crippen molar-refractivity contribution in [3.8, 4) is 0 Å². The van der Waals surface area contributed by atoms with Crippen LogP contribution in [0.25, 0.3) is 0 Å². The second-order valence-electron chi connectivity index (χ2n) is 7.88. The molecule has 164 valence electrons. The van der Waals surface area contributed by atoms with E-state index in [2.05, 4.69) is 20.8 Å². The summed E-state index contributed by atoms with van der Waals surface area (Å²) in [6, 6.07) is 6.66. The molecule has 0 aliphatic heterocycles. The number of ether oxygens (including phenoxy) is 2. The molecule has 1 unspecified atom stereocenters. The molecule has 0 spiro atoms. The average Bonchev–Trinajstić information content (AvgIpc) is 2.74. The molecule has 1 rings (SSSR count). The van der Waals surface area contributed by atoms with E-state index in [4.69, 9.17) is 9.47 Å². The molecule has 4 nitrogen and oxygen atoms in total. The Morgan fingerprint density at radius 1 is 0.759 bits per heavy atom. The van der Waals surface area contributed by atoms with Gasteiger partial charge in [0.25, 0.3) is 0 Å². The molecule has 1 aromatic rings. The lowest BCUT2D eigenvalue weighted by Crippen LogP contribution is -2.15. The smallest absolute Gasteiger partial charge is 0.338 e. The van der Waals surface area contributed by atoms with Crippen molar-refractivity contribution >= 4 is 11.9 Å². The van der Waals surface area contributed by atoms with Crippen LogP contribution in [0.5, 0.6) is 0 Å². The molecule has 0 heterocycles. The van der Waals surface area contributed by atoms with Crippen LogP contribution in [0.3, 0.4) is 0 Å². The molecule has 4 heteroatoms. The maximum atomic E-state index is 12.4. The fourth-order valence-corrected chi connectivity index (χ4v) is 3.41. The summed E-state index contributed by atoms with van der Waals surface area (Å²) in [7, 11) is 0. The first-order chi connectivity index (χ1) is 14.1. The lowest BCUT2D eigenvalue weighted by Gasteiger charge is -2.16. The van der Waals surface area contributed by atoms with Gasteiger partial charge in [-0.2, -0.15) is 0 Å². The minimum Gasteiger partial charge on any atom is -0.462 e. The highest BCUT2D eigenvalue weighted by Gasteiger charge is 2.15. The van der Waals surface area contributed by atoms with E-state index in [-0.39, 0.29) is 11.9 Å². The third kappa shape index (κ3) is 11.1. The van der Waals surface area contributed by atoms with Gasteiger partial charge in [-0.15, -0.1) is 0 Å². The van der Waals surface area contributed by atoms with Gasteiger partial charge in [0.05, 0.1) is 24.3 Å². The Morgan fingerprint density at radius 2 is 1.38 bits per heavy atom. The summed E-state index contributed by atoms with van der Waals surface area (Å²) in [5.41, 5.74) is 0.812. The summed E-state index contributed by atoms with van der Waals surface area (Å²) in [5, 5.41) is 0. The van der Waals surface area contributed by atoms with Crippen LogP contribution in [0.2, 0.25) is 0 Å². The Labute approximate surface area is 177 Å². The quantitative estimate of drug-likeness (QED) is 0.220. The van der Waals surface area contributed by atoms with E-state index < -0.39 is 0 Å². The minimum absolute atomic E-state index is 0.365. The maximum Gasteiger partial charge on any atom is 0.338 e. The van der Waals surface area contributed by atoms with Crippen molar-refractivity contribution in [2.24, 2.45) is 5.92 Å². The van der Waals surface area contributed by atoms with Crippen LogP contribution < -0.4 is 0 Å². The van der Waals surface area contributed by atoms with Crippen molar-refractivity contribution in [3.63, 3.8) is 0 Å². The minimum atomic E-state index is -0.376. The third-order valence-corrected chi connectivity index (χ3v) is 5.18. The first-order valence-corrected chi connectivity index (χ1v) is 11.6. The highest BCUT2D eigenvalue weighted by atomic mass is 16.5. The van der Waals surface area contributed by atoms with Crippen LogP contribution in [0.15, 0.2) is 24.3 Å². The molecule has 0 aliphatic carbocycles. The van der Waals surface area contributed by atoms with Gasteiger partial charge in [-0.3, -0.25) is 0 Å². The van der Waals surface area contributed by atoms with E-state index in [9.17, 15) is 9.59 Å². The van der Waals surface area contributed by atoms with Gasteiger partial charge in [0.15, 0.2) is 0 Å². The van der Waals surface area contributed by atoms with E-state index in [1.165, 1.54) is 38.5 Å². The molecule has 0 amide bonds. The fraction of sp³-hybridized carbons (Fsp3) is 0.680. The van der Waals surface area contributed by atoms with Gasteiger partial charge in [0, 0.05) is 0 Å². The third-order valence-electron chi connectivity index (χ3n) is 5.18. The highest BCUT2D eigenvalue weighted by molar-refractivity contribution is 5.95. The van der Waals surface area contributed by atoms with Gasteiger partial charge in [-0.05, 0) is 43.4 Å². The van der Waals surface area contributed by atoms with Crippen LogP contribution in [0.1, 0.15) is 112 Å². The fourth-order valence-electron chi connectivity index (χ4n) is 3.41. The number of benzene rings is 1. The number of rotatable bonds is 16. The van der Waals surface area contributed by atoms with Crippen LogP contribution in [-0.2, 0) is 9.47 Å². The predicted molar refractivity (Wildman–Crippen MR) is 118 cm³/mol. The number of hydrogen-bond acceptors (Lipinski definition) is 4. The first kappa shape index (κ1) is 25.2. The van der Waals surface area contributed by atoms with Crippen LogP contribution in [-0.4, -0.2) is 25.2 Å². The zero-order valence-electron chi connectivity index (χ0n) is 18.7. The topological polar surface area (TPSA) is 52.6 Å². The molecule has 0 fully saturated rings. The zero-order valence-corrected chi connectivity index (χ0v) is 18.7. The highest BCUT2D eigenvalue weighted by Crippen LogP contribution is 2.17. The van der Waals surface area contributed by atoms with Crippen molar-refractivity contribution in [3.05, 3.63) is 35.4 Å². The van der Waals surface area contributed by atoms with E-state index in [1.807, 2.05) is 0 Å². The van der Waals surface area contributed by atoms with E-state index >= 15 is 0 Å². The predicted octanol–water partition coefficient (Wildman–Crippen LogP) is 6.97. The lowest BCUT2D eigenvalue weighted by atomic mass is 9.97. The molecule has 1 atom stereocenters. The van der Waals surface area contributed by atoms with Crippen LogP contribution >= 0.6 is 0 Å². The van der Waals surface area contributed by atoms with Crippen molar-refractivity contribution in [2.75, 3.05) is 13.2 Å². The Bertz CT molecular complexity index is 582. The molecule has 0 N–H and O–H groups in total. The van der Waals surface area contributed by atoms with E-state index in [0.29, 0.717) is 30.3 Å². The summed E-state index contributed by atoms with van der Waals surface area (Å²) in [6.07, 6.45) is 12.4. The molecule has 0 aromatic heterocycles. The van der Waals surface area contributed by atoms with Gasteiger partial charge in [-0.1, -0.05) is 78.2 Å². The monoisotopic (exact) mass is 404 g/mol. The lowest BCUT2D eigenvalue weighted by molar-refractivity contribution is 0.0423. The van der Waals surface area contributed by atoms with E-state index in [0.717, 1.165) is 32.1 Å². The average molecular weight is 405 g/mol. The normalized spacial score (nSPS) is 11.8. The number of carbonyl (C=O) groups is 2. The molecular formula is C25H40O4. The number of hydrogen-bond donors (Lipinski definition) is 0. The summed E-state index contributed by atoms with van der Waals surface area (Å²) in [5.74, 6) is -0.328. The Balaban J connectivity index is 2.48. The molecule has 0 saturated heterocycles. The molecule has 0 saturated carbocycles. The molecular weight excluding hydrogens is 364 g/mol. The molecule has 1 aromatic carbocycles. The second-order valence-corrected chi connectivity index (χ2v) is 7.88. The van der Waals surface area contributed by atoms with Crippen molar-refractivity contribution in [2.45, 2.75) is 91.4 Å². The largest absolute Gasteiger partial charge is 0.462 e. The number of carbonyl (C=O) groups excluding carboxylic acids is 2. The van der Waals surface area contributed by atoms with Crippen molar-refractivity contribution in [1.82, 2.24) is 0 Å². The van der Waals surface area contributed by atoms with Gasteiger partial charge in [0.2, 0.25) is 0 Å². The van der Waals surface area contributed by atoms with Gasteiger partial charge in [0.1, 0.15) is 0 Å². The summed E-state index contributed by atoms with van der Waals surface area (Å²) >= 11 is 0.